The lowest BCUT2D eigenvalue weighted by Gasteiger charge is -2.29. The van der Waals surface area contributed by atoms with Crippen molar-refractivity contribution >= 4 is 19.7 Å². The highest BCUT2D eigenvalue weighted by Crippen LogP contribution is 2.29. The van der Waals surface area contributed by atoms with E-state index >= 15 is 0 Å². The maximum atomic E-state index is 11.7. The van der Waals surface area contributed by atoms with Crippen LogP contribution in [0.1, 0.15) is 35.0 Å². The number of hydrogen-bond acceptors (Lipinski definition) is 11. The first-order valence-electron chi connectivity index (χ1n) is 16.3. The minimum atomic E-state index is -3.20. The summed E-state index contributed by atoms with van der Waals surface area (Å²) < 4.78 is 46.4. The molecule has 0 atom stereocenters. The molecule has 50 heavy (non-hydrogen) atoms. The Morgan fingerprint density at radius 2 is 1.20 bits per heavy atom. The molecule has 11 nitrogen and oxygen atoms in total. The highest BCUT2D eigenvalue weighted by Gasteiger charge is 2.22. The van der Waals surface area contributed by atoms with Gasteiger partial charge in [-0.05, 0) is 36.8 Å². The lowest BCUT2D eigenvalue weighted by molar-refractivity contribution is 0.243. The van der Waals surface area contributed by atoms with E-state index in [4.69, 9.17) is 5.11 Å². The Bertz CT molecular complexity index is 2110. The third-order valence-electron chi connectivity index (χ3n) is 8.32. The summed E-state index contributed by atoms with van der Waals surface area (Å²) in [7, 11) is -6.37. The first kappa shape index (κ1) is 36.9. The molecule has 0 spiro atoms. The van der Waals surface area contributed by atoms with Gasteiger partial charge >= 0.3 is 0 Å². The molecule has 4 heterocycles. The van der Waals surface area contributed by atoms with Gasteiger partial charge in [0.2, 0.25) is 0 Å². The molecule has 0 amide bonds. The molecule has 0 saturated heterocycles. The lowest BCUT2D eigenvalue weighted by atomic mass is 9.99. The summed E-state index contributed by atoms with van der Waals surface area (Å²) in [6.45, 7) is 6.25. The summed E-state index contributed by atoms with van der Waals surface area (Å²) in [5, 5.41) is 10.9. The van der Waals surface area contributed by atoms with E-state index in [-0.39, 0.29) is 6.61 Å². The number of fused-ring (bicyclic) bond motifs is 2. The van der Waals surface area contributed by atoms with E-state index in [0.717, 1.165) is 90.6 Å². The largest absolute Gasteiger partial charge is 0.397 e. The number of hydrogen-bond donors (Lipinski definition) is 2. The molecule has 2 aromatic heterocycles. The first-order chi connectivity index (χ1) is 24.0. The topological polar surface area (TPSA) is 155 Å². The fraction of sp³-hybridized carbons (Fsp3) is 0.297. The molecule has 13 heteroatoms. The molecule has 0 aliphatic carbocycles. The lowest BCUT2D eigenvalue weighted by Crippen LogP contribution is -2.31. The van der Waals surface area contributed by atoms with Crippen LogP contribution in [0, 0.1) is 0 Å². The van der Waals surface area contributed by atoms with Gasteiger partial charge in [0.15, 0.2) is 19.7 Å². The Morgan fingerprint density at radius 1 is 0.700 bits per heavy atom. The fourth-order valence-corrected chi connectivity index (χ4v) is 7.12. The summed E-state index contributed by atoms with van der Waals surface area (Å²) in [4.78, 5) is 20.7. The molecular weight excluding hydrogens is 673 g/mol. The van der Waals surface area contributed by atoms with Crippen LogP contribution in [0.5, 0.6) is 0 Å². The van der Waals surface area contributed by atoms with Crippen LogP contribution in [0.2, 0.25) is 0 Å². The van der Waals surface area contributed by atoms with Crippen molar-refractivity contribution in [2.24, 2.45) is 0 Å². The number of rotatable bonds is 6. The Balaban J connectivity index is 0.000000187. The predicted octanol–water partition coefficient (Wildman–Crippen LogP) is 4.30. The average molecular weight is 715 g/mol. The van der Waals surface area contributed by atoms with Gasteiger partial charge in [-0.25, -0.2) is 36.8 Å². The number of nitrogens with zero attached hydrogens (tertiary/aromatic N) is 5. The van der Waals surface area contributed by atoms with E-state index < -0.39 is 19.7 Å². The van der Waals surface area contributed by atoms with Crippen molar-refractivity contribution in [2.75, 3.05) is 32.2 Å². The number of nitrogens with one attached hydrogen (secondary N) is 1. The summed E-state index contributed by atoms with van der Waals surface area (Å²) in [5.74, 6) is 0. The minimum absolute atomic E-state index is 0.250. The average Bonchev–Trinajstić information content (AvgIpc) is 3.11. The molecule has 262 valence electrons. The molecule has 0 unspecified atom stereocenters. The summed E-state index contributed by atoms with van der Waals surface area (Å²) in [6, 6.07) is 24.2. The minimum Gasteiger partial charge on any atom is -0.397 e. The van der Waals surface area contributed by atoms with Gasteiger partial charge in [0.1, 0.15) is 12.7 Å². The quantitative estimate of drug-likeness (QED) is 0.259. The molecule has 2 aliphatic heterocycles. The molecule has 2 aliphatic rings. The molecule has 5 aromatic rings. The predicted molar refractivity (Wildman–Crippen MR) is 194 cm³/mol. The van der Waals surface area contributed by atoms with E-state index in [2.05, 4.69) is 54.4 Å². The fourth-order valence-electron chi connectivity index (χ4n) is 5.86. The van der Waals surface area contributed by atoms with Crippen LogP contribution in [0.4, 0.5) is 0 Å². The summed E-state index contributed by atoms with van der Waals surface area (Å²) in [6.07, 6.45) is 7.38. The van der Waals surface area contributed by atoms with Gasteiger partial charge in [-0.2, -0.15) is 0 Å². The normalized spacial score (nSPS) is 14.2. The van der Waals surface area contributed by atoms with Gasteiger partial charge < -0.3 is 10.4 Å². The third-order valence-corrected chi connectivity index (χ3v) is 10.6. The zero-order valence-corrected chi connectivity index (χ0v) is 30.1. The Labute approximate surface area is 294 Å². The molecular formula is C37H42N6O5S2. The van der Waals surface area contributed by atoms with Crippen molar-refractivity contribution in [3.8, 4) is 22.5 Å². The Morgan fingerprint density at radius 3 is 1.72 bits per heavy atom. The number of sulfone groups is 2. The maximum absolute atomic E-state index is 11.7. The first-order valence-corrected chi connectivity index (χ1v) is 20.1. The zero-order chi connectivity index (χ0) is 35.7. The molecule has 0 radical (unpaired) electrons. The molecule has 7 rings (SSSR count). The van der Waals surface area contributed by atoms with Crippen molar-refractivity contribution in [3.05, 3.63) is 120 Å². The Kier molecular flexibility index (Phi) is 12.2. The van der Waals surface area contributed by atoms with Crippen LogP contribution < -0.4 is 5.32 Å². The highest BCUT2D eigenvalue weighted by molar-refractivity contribution is 7.91. The van der Waals surface area contributed by atoms with Crippen LogP contribution in [0.15, 0.2) is 101 Å². The van der Waals surface area contributed by atoms with Gasteiger partial charge in [0, 0.05) is 86.9 Å². The van der Waals surface area contributed by atoms with Gasteiger partial charge in [-0.3, -0.25) is 4.90 Å². The van der Waals surface area contributed by atoms with Crippen LogP contribution in [-0.4, -0.2) is 79.0 Å². The SMILES string of the molecule is CCO.CS(=O)(=O)c1ccc(-c2ncnc3c2CN(Cc2ccccc2)CC3)cc1.CS(=O)(=O)c1ccc(-c2ncnc3c2CNCC3)cc1. The number of benzene rings is 3. The molecule has 0 fully saturated rings. The van der Waals surface area contributed by atoms with E-state index in [1.807, 2.05) is 18.2 Å². The number of aromatic nitrogens is 4. The zero-order valence-electron chi connectivity index (χ0n) is 28.4. The second-order valence-corrected chi connectivity index (χ2v) is 16.1. The van der Waals surface area contributed by atoms with Gasteiger partial charge in [-0.1, -0.05) is 54.6 Å². The summed E-state index contributed by atoms with van der Waals surface area (Å²) in [5.41, 5.74) is 9.27. The van der Waals surface area contributed by atoms with Crippen LogP contribution in [-0.2, 0) is 52.2 Å². The third kappa shape index (κ3) is 9.43. The van der Waals surface area contributed by atoms with Gasteiger partial charge in [0.05, 0.1) is 32.6 Å². The van der Waals surface area contributed by atoms with E-state index in [9.17, 15) is 16.8 Å². The molecule has 3 aromatic carbocycles. The van der Waals surface area contributed by atoms with Crippen molar-refractivity contribution in [1.82, 2.24) is 30.2 Å². The van der Waals surface area contributed by atoms with E-state index in [1.165, 1.54) is 18.1 Å². The highest BCUT2D eigenvalue weighted by atomic mass is 32.2. The van der Waals surface area contributed by atoms with Crippen LogP contribution in [0.25, 0.3) is 22.5 Å². The van der Waals surface area contributed by atoms with Crippen molar-refractivity contribution < 1.29 is 21.9 Å². The van der Waals surface area contributed by atoms with E-state index in [0.29, 0.717) is 9.79 Å². The standard InChI is InChI=1S/C21H21N3O2S.C14H15N3O2S.C2H6O/c1-27(25,26)18-9-7-17(8-10-18)21-19-14-24(12-11-20(19)22-15-23-21)13-16-5-3-2-4-6-16;1-20(18,19)11-4-2-10(3-5-11)14-12-8-15-7-6-13(12)16-9-17-14;1-2-3/h2-10,15H,11-14H2,1H3;2-5,9,15H,6-8H2,1H3;3H,2H2,1H3. The smallest absolute Gasteiger partial charge is 0.175 e. The monoisotopic (exact) mass is 714 g/mol. The second-order valence-electron chi connectivity index (χ2n) is 12.1. The summed E-state index contributed by atoms with van der Waals surface area (Å²) >= 11 is 0. The number of aliphatic hydroxyl groups excluding tert-OH is 1. The van der Waals surface area contributed by atoms with Crippen LogP contribution >= 0.6 is 0 Å². The maximum Gasteiger partial charge on any atom is 0.175 e. The van der Waals surface area contributed by atoms with Crippen molar-refractivity contribution in [2.45, 2.75) is 49.2 Å². The Hall–Kier alpha value is -4.40. The van der Waals surface area contributed by atoms with Gasteiger partial charge in [0.25, 0.3) is 0 Å². The van der Waals surface area contributed by atoms with Crippen molar-refractivity contribution in [1.29, 1.82) is 0 Å². The molecule has 0 bridgehead atoms. The second kappa shape index (κ2) is 16.5. The molecule has 2 N–H and O–H groups in total. The van der Waals surface area contributed by atoms with E-state index in [1.54, 1.807) is 56.0 Å². The molecule has 0 saturated carbocycles. The number of aliphatic hydroxyl groups is 1. The van der Waals surface area contributed by atoms with Crippen LogP contribution in [0.3, 0.4) is 0 Å². The van der Waals surface area contributed by atoms with Crippen molar-refractivity contribution in [3.63, 3.8) is 0 Å². The van der Waals surface area contributed by atoms with Gasteiger partial charge in [-0.15, -0.1) is 0 Å².